The Bertz CT molecular complexity index is 389. The molecule has 0 saturated carbocycles. The van der Waals surface area contributed by atoms with Gasteiger partial charge >= 0.3 is 0 Å². The molecule has 1 rings (SSSR count). The summed E-state index contributed by atoms with van der Waals surface area (Å²) in [5, 5.41) is 8.99. The molecule has 0 radical (unpaired) electrons. The highest BCUT2D eigenvalue weighted by Gasteiger charge is 1.97. The predicted molar refractivity (Wildman–Crippen MR) is 70.0 cm³/mol. The van der Waals surface area contributed by atoms with Gasteiger partial charge < -0.3 is 5.11 Å². The zero-order valence-corrected chi connectivity index (χ0v) is 10.0. The van der Waals surface area contributed by atoms with Crippen LogP contribution in [0, 0.1) is 0 Å². The maximum Gasteiger partial charge on any atom is 0.185 e. The second-order valence-corrected chi connectivity index (χ2v) is 3.88. The molecule has 0 saturated heterocycles. The molecular formula is C15H18O2. The van der Waals surface area contributed by atoms with E-state index in [2.05, 4.69) is 0 Å². The molecular weight excluding hydrogens is 212 g/mol. The summed E-state index contributed by atoms with van der Waals surface area (Å²) < 4.78 is 0. The van der Waals surface area contributed by atoms with Gasteiger partial charge in [-0.1, -0.05) is 48.6 Å². The zero-order chi connectivity index (χ0) is 12.5. The second-order valence-electron chi connectivity index (χ2n) is 3.88. The Morgan fingerprint density at radius 3 is 2.53 bits per heavy atom. The van der Waals surface area contributed by atoms with Crippen LogP contribution in [-0.4, -0.2) is 17.0 Å². The van der Waals surface area contributed by atoms with Gasteiger partial charge in [-0.2, -0.15) is 0 Å². The summed E-state index contributed by atoms with van der Waals surface area (Å²) >= 11 is 0. The highest BCUT2D eigenvalue weighted by Crippen LogP contribution is 2.02. The first-order chi connectivity index (χ1) is 8.20. The minimum absolute atomic E-state index is 0.0325. The summed E-state index contributed by atoms with van der Waals surface area (Å²) in [5.74, 6) is 0.0325. The average Bonchev–Trinajstić information content (AvgIpc) is 2.34. The van der Waals surface area contributed by atoms with Crippen LogP contribution in [0.15, 0.2) is 54.6 Å². The molecule has 90 valence electrons. The number of ketones is 1. The Kier molecular flexibility index (Phi) is 5.97. The van der Waals surface area contributed by atoms with E-state index < -0.39 is 6.10 Å². The van der Waals surface area contributed by atoms with Crippen LogP contribution in [0.4, 0.5) is 0 Å². The number of aliphatic hydroxyl groups is 1. The summed E-state index contributed by atoms with van der Waals surface area (Å²) in [6.45, 7) is 1.71. The number of carbonyl (C=O) groups excluding carboxylic acids is 1. The maximum absolute atomic E-state index is 11.6. The monoisotopic (exact) mass is 230 g/mol. The topological polar surface area (TPSA) is 37.3 Å². The van der Waals surface area contributed by atoms with Crippen molar-refractivity contribution < 1.29 is 9.90 Å². The molecule has 0 fully saturated rings. The molecule has 0 aliphatic carbocycles. The lowest BCUT2D eigenvalue weighted by atomic mass is 10.1. The number of allylic oxidation sites excluding steroid dienone is 3. The number of hydrogen-bond donors (Lipinski definition) is 1. The molecule has 0 aliphatic rings. The van der Waals surface area contributed by atoms with Crippen molar-refractivity contribution in [3.63, 3.8) is 0 Å². The zero-order valence-electron chi connectivity index (χ0n) is 10.0. The van der Waals surface area contributed by atoms with Crippen molar-refractivity contribution in [3.05, 3.63) is 60.2 Å². The first kappa shape index (κ1) is 13.4. The van der Waals surface area contributed by atoms with Gasteiger partial charge in [-0.3, -0.25) is 4.79 Å². The fraction of sp³-hybridized carbons (Fsp3) is 0.267. The fourth-order valence-electron chi connectivity index (χ4n) is 1.37. The summed E-state index contributed by atoms with van der Waals surface area (Å²) in [4.78, 5) is 11.6. The van der Waals surface area contributed by atoms with Crippen LogP contribution in [0.5, 0.6) is 0 Å². The molecule has 0 amide bonds. The highest BCUT2D eigenvalue weighted by atomic mass is 16.3. The van der Waals surface area contributed by atoms with E-state index in [9.17, 15) is 4.79 Å². The number of carbonyl (C=O) groups is 1. The smallest absolute Gasteiger partial charge is 0.185 e. The van der Waals surface area contributed by atoms with Gasteiger partial charge in [0.05, 0.1) is 6.10 Å². The number of rotatable bonds is 6. The largest absolute Gasteiger partial charge is 0.389 e. The molecule has 17 heavy (non-hydrogen) atoms. The van der Waals surface area contributed by atoms with Crippen molar-refractivity contribution in [1.29, 1.82) is 0 Å². The number of aliphatic hydroxyl groups excluding tert-OH is 1. The van der Waals surface area contributed by atoms with Crippen LogP contribution in [0.25, 0.3) is 0 Å². The SMILES string of the molecule is CC(O)/C=C/CC/C=C/C(=O)c1ccccc1. The molecule has 1 aromatic carbocycles. The van der Waals surface area contributed by atoms with Gasteiger partial charge in [0.2, 0.25) is 0 Å². The van der Waals surface area contributed by atoms with Gasteiger partial charge in [0.25, 0.3) is 0 Å². The van der Waals surface area contributed by atoms with E-state index in [1.165, 1.54) is 0 Å². The van der Waals surface area contributed by atoms with Crippen LogP contribution < -0.4 is 0 Å². The molecule has 1 unspecified atom stereocenters. The van der Waals surface area contributed by atoms with E-state index in [-0.39, 0.29) is 5.78 Å². The summed E-state index contributed by atoms with van der Waals surface area (Å²) in [5.41, 5.74) is 0.711. The van der Waals surface area contributed by atoms with E-state index in [0.29, 0.717) is 5.56 Å². The van der Waals surface area contributed by atoms with Gasteiger partial charge in [0, 0.05) is 5.56 Å². The van der Waals surface area contributed by atoms with Crippen LogP contribution in [-0.2, 0) is 0 Å². The quantitative estimate of drug-likeness (QED) is 0.353. The first-order valence-electron chi connectivity index (χ1n) is 5.81. The molecule has 0 heterocycles. The Labute approximate surface area is 102 Å². The summed E-state index contributed by atoms with van der Waals surface area (Å²) in [6.07, 6.45) is 8.37. The standard InChI is InChI=1S/C15H18O2/c1-13(16)9-5-2-3-8-12-15(17)14-10-6-4-7-11-14/h4-13,16H,2-3H2,1H3/b9-5+,12-8+. The van der Waals surface area contributed by atoms with E-state index >= 15 is 0 Å². The van der Waals surface area contributed by atoms with Crippen LogP contribution in [0.2, 0.25) is 0 Å². The van der Waals surface area contributed by atoms with E-state index in [4.69, 9.17) is 5.11 Å². The molecule has 0 spiro atoms. The van der Waals surface area contributed by atoms with Crippen molar-refractivity contribution >= 4 is 5.78 Å². The van der Waals surface area contributed by atoms with Crippen molar-refractivity contribution in [2.45, 2.75) is 25.9 Å². The Hall–Kier alpha value is -1.67. The Balaban J connectivity index is 2.32. The molecule has 0 bridgehead atoms. The molecule has 1 N–H and O–H groups in total. The molecule has 0 aromatic heterocycles. The predicted octanol–water partition coefficient (Wildman–Crippen LogP) is 3.14. The first-order valence-corrected chi connectivity index (χ1v) is 5.81. The summed E-state index contributed by atoms with van der Waals surface area (Å²) in [7, 11) is 0. The average molecular weight is 230 g/mol. The van der Waals surface area contributed by atoms with Gasteiger partial charge in [-0.15, -0.1) is 0 Å². The maximum atomic E-state index is 11.6. The minimum atomic E-state index is -0.398. The molecule has 2 heteroatoms. The van der Waals surface area contributed by atoms with E-state index in [1.54, 1.807) is 31.2 Å². The lowest BCUT2D eigenvalue weighted by Gasteiger charge is -1.94. The number of hydrogen-bond acceptors (Lipinski definition) is 2. The third-order valence-corrected chi connectivity index (χ3v) is 2.24. The Morgan fingerprint density at radius 2 is 1.88 bits per heavy atom. The molecule has 1 aromatic rings. The van der Waals surface area contributed by atoms with Crippen LogP contribution in [0.1, 0.15) is 30.1 Å². The third-order valence-electron chi connectivity index (χ3n) is 2.24. The van der Waals surface area contributed by atoms with Gasteiger partial charge in [0.15, 0.2) is 5.78 Å². The third kappa shape index (κ3) is 5.83. The van der Waals surface area contributed by atoms with E-state index in [1.807, 2.05) is 30.4 Å². The number of benzene rings is 1. The van der Waals surface area contributed by atoms with Crippen molar-refractivity contribution in [2.24, 2.45) is 0 Å². The van der Waals surface area contributed by atoms with Gasteiger partial charge in [0.1, 0.15) is 0 Å². The van der Waals surface area contributed by atoms with Crippen molar-refractivity contribution in [2.75, 3.05) is 0 Å². The second kappa shape index (κ2) is 7.58. The van der Waals surface area contributed by atoms with Gasteiger partial charge in [-0.25, -0.2) is 0 Å². The molecule has 0 aliphatic heterocycles. The normalized spacial score (nSPS) is 13.3. The van der Waals surface area contributed by atoms with E-state index in [0.717, 1.165) is 12.8 Å². The van der Waals surface area contributed by atoms with Crippen molar-refractivity contribution in [1.82, 2.24) is 0 Å². The lowest BCUT2D eigenvalue weighted by molar-refractivity contribution is 0.104. The Morgan fingerprint density at radius 1 is 1.24 bits per heavy atom. The molecule has 2 nitrogen and oxygen atoms in total. The minimum Gasteiger partial charge on any atom is -0.389 e. The highest BCUT2D eigenvalue weighted by molar-refractivity contribution is 6.04. The number of unbranched alkanes of at least 4 members (excludes halogenated alkanes) is 1. The molecule has 1 atom stereocenters. The fourth-order valence-corrected chi connectivity index (χ4v) is 1.37. The van der Waals surface area contributed by atoms with Crippen molar-refractivity contribution in [3.8, 4) is 0 Å². The lowest BCUT2D eigenvalue weighted by Crippen LogP contribution is -1.93. The van der Waals surface area contributed by atoms with Crippen LogP contribution >= 0.6 is 0 Å². The summed E-state index contributed by atoms with van der Waals surface area (Å²) in [6, 6.07) is 9.21. The van der Waals surface area contributed by atoms with Gasteiger partial charge in [-0.05, 0) is 25.8 Å². The van der Waals surface area contributed by atoms with Crippen LogP contribution in [0.3, 0.4) is 0 Å².